The van der Waals surface area contributed by atoms with Crippen LogP contribution in [0.4, 0.5) is 10.7 Å². The average molecular weight is 446 g/mol. The van der Waals surface area contributed by atoms with E-state index in [0.717, 1.165) is 38.8 Å². The van der Waals surface area contributed by atoms with Crippen molar-refractivity contribution in [1.29, 1.82) is 0 Å². The lowest BCUT2D eigenvalue weighted by Gasteiger charge is -2.35. The molecule has 31 heavy (non-hydrogen) atoms. The Kier molecular flexibility index (Phi) is 4.80. The zero-order valence-corrected chi connectivity index (χ0v) is 17.6. The topological polar surface area (TPSA) is 130 Å². The van der Waals surface area contributed by atoms with E-state index in [9.17, 15) is 18.0 Å². The van der Waals surface area contributed by atoms with Crippen molar-refractivity contribution >= 4 is 27.9 Å². The highest BCUT2D eigenvalue weighted by Gasteiger charge is 2.32. The van der Waals surface area contributed by atoms with Crippen LogP contribution < -0.4 is 10.0 Å². The largest absolute Gasteiger partial charge is 0.348 e. The van der Waals surface area contributed by atoms with Crippen LogP contribution in [0.3, 0.4) is 0 Å². The smallest absolute Gasteiger partial charge is 0.320 e. The molecule has 2 saturated heterocycles. The highest BCUT2D eigenvalue weighted by Crippen LogP contribution is 2.29. The van der Waals surface area contributed by atoms with Gasteiger partial charge in [0.05, 0.1) is 5.69 Å². The van der Waals surface area contributed by atoms with Gasteiger partial charge in [-0.3, -0.25) is 4.79 Å². The number of anilines is 1. The summed E-state index contributed by atoms with van der Waals surface area (Å²) in [6.07, 6.45) is 4.90. The maximum atomic E-state index is 12.9. The summed E-state index contributed by atoms with van der Waals surface area (Å²) in [4.78, 5) is 33.0. The minimum atomic E-state index is -3.86. The Hall–Kier alpha value is -3.15. The SMILES string of the molecule is O=C(NC1CCCN(C(=O)N2CCCC2)C1)c1ccc2c(c1)S(=O)(=O)Nc1ncnn1-2. The van der Waals surface area contributed by atoms with Gasteiger partial charge in [-0.15, -0.1) is 0 Å². The fraction of sp³-hybridized carbons (Fsp3) is 0.474. The number of sulfonamides is 1. The number of aromatic nitrogens is 3. The van der Waals surface area contributed by atoms with Crippen molar-refractivity contribution in [2.24, 2.45) is 0 Å². The van der Waals surface area contributed by atoms with Gasteiger partial charge in [-0.2, -0.15) is 14.8 Å². The predicted octanol–water partition coefficient (Wildman–Crippen LogP) is 0.791. The Morgan fingerprint density at radius 3 is 2.68 bits per heavy atom. The van der Waals surface area contributed by atoms with Gasteiger partial charge in [0.2, 0.25) is 5.95 Å². The molecule has 0 spiro atoms. The minimum absolute atomic E-state index is 0.0334. The molecule has 1 aromatic heterocycles. The number of rotatable bonds is 2. The number of nitrogens with one attached hydrogen (secondary N) is 2. The average Bonchev–Trinajstić information content (AvgIpc) is 3.45. The third kappa shape index (κ3) is 3.60. The molecule has 0 saturated carbocycles. The molecule has 12 heteroatoms. The van der Waals surface area contributed by atoms with E-state index in [2.05, 4.69) is 20.1 Å². The first-order chi connectivity index (χ1) is 14.9. The molecule has 11 nitrogen and oxygen atoms in total. The lowest BCUT2D eigenvalue weighted by Crippen LogP contribution is -2.52. The number of nitrogens with zero attached hydrogens (tertiary/aromatic N) is 5. The lowest BCUT2D eigenvalue weighted by molar-refractivity contribution is 0.0900. The summed E-state index contributed by atoms with van der Waals surface area (Å²) in [6, 6.07) is 4.31. The molecule has 1 unspecified atom stereocenters. The van der Waals surface area contributed by atoms with Crippen LogP contribution in [-0.4, -0.2) is 77.1 Å². The van der Waals surface area contributed by atoms with E-state index < -0.39 is 10.0 Å². The number of likely N-dealkylation sites (tertiary alicyclic amines) is 2. The van der Waals surface area contributed by atoms with Gasteiger partial charge >= 0.3 is 6.03 Å². The summed E-state index contributed by atoms with van der Waals surface area (Å²) in [7, 11) is -3.86. The molecular weight excluding hydrogens is 422 g/mol. The Bertz CT molecular complexity index is 1140. The molecule has 1 aromatic carbocycles. The summed E-state index contributed by atoms with van der Waals surface area (Å²) in [5.74, 6) is -0.266. The lowest BCUT2D eigenvalue weighted by atomic mass is 10.1. The number of benzene rings is 1. The van der Waals surface area contributed by atoms with Crippen LogP contribution in [0.2, 0.25) is 0 Å². The second-order valence-electron chi connectivity index (χ2n) is 8.02. The highest BCUT2D eigenvalue weighted by molar-refractivity contribution is 7.93. The van der Waals surface area contributed by atoms with E-state index in [4.69, 9.17) is 0 Å². The summed E-state index contributed by atoms with van der Waals surface area (Å²) in [5, 5.41) is 6.98. The number of carbonyl (C=O) groups excluding carboxylic acids is 2. The molecule has 0 aliphatic carbocycles. The molecule has 3 amide bonds. The molecule has 1 atom stereocenters. The molecule has 2 aromatic rings. The summed E-state index contributed by atoms with van der Waals surface area (Å²) in [5.41, 5.74) is 0.568. The Labute approximate surface area is 179 Å². The maximum absolute atomic E-state index is 12.9. The molecule has 2 fully saturated rings. The van der Waals surface area contributed by atoms with Crippen molar-refractivity contribution in [3.8, 4) is 5.69 Å². The molecule has 0 bridgehead atoms. The molecule has 5 rings (SSSR count). The van der Waals surface area contributed by atoms with Crippen LogP contribution >= 0.6 is 0 Å². The number of urea groups is 1. The predicted molar refractivity (Wildman–Crippen MR) is 110 cm³/mol. The molecule has 2 N–H and O–H groups in total. The summed E-state index contributed by atoms with van der Waals surface area (Å²) >= 11 is 0. The monoisotopic (exact) mass is 445 g/mol. The van der Waals surface area contributed by atoms with Crippen molar-refractivity contribution in [2.75, 3.05) is 30.9 Å². The number of hydrogen-bond donors (Lipinski definition) is 2. The Balaban J connectivity index is 1.32. The van der Waals surface area contributed by atoms with Crippen molar-refractivity contribution < 1.29 is 18.0 Å². The second-order valence-corrected chi connectivity index (χ2v) is 9.67. The number of carbonyl (C=O) groups is 2. The van der Waals surface area contributed by atoms with E-state index in [1.165, 1.54) is 17.1 Å². The van der Waals surface area contributed by atoms with Crippen LogP contribution in [0.15, 0.2) is 29.4 Å². The van der Waals surface area contributed by atoms with Crippen molar-refractivity contribution in [3.05, 3.63) is 30.1 Å². The van der Waals surface area contributed by atoms with Crippen LogP contribution in [0.25, 0.3) is 5.69 Å². The zero-order chi connectivity index (χ0) is 21.6. The third-order valence-electron chi connectivity index (χ3n) is 5.92. The van der Waals surface area contributed by atoms with E-state index in [1.807, 2.05) is 4.90 Å². The van der Waals surface area contributed by atoms with Gasteiger partial charge in [-0.05, 0) is 43.9 Å². The Morgan fingerprint density at radius 1 is 1.10 bits per heavy atom. The van der Waals surface area contributed by atoms with E-state index in [-0.39, 0.29) is 34.4 Å². The van der Waals surface area contributed by atoms with Gasteiger partial charge < -0.3 is 15.1 Å². The molecule has 3 aliphatic rings. The molecule has 4 heterocycles. The van der Waals surface area contributed by atoms with Crippen molar-refractivity contribution in [3.63, 3.8) is 0 Å². The number of piperidine rings is 1. The van der Waals surface area contributed by atoms with Gasteiger partial charge in [0.1, 0.15) is 11.2 Å². The van der Waals surface area contributed by atoms with Gasteiger partial charge in [0, 0.05) is 37.8 Å². The van der Waals surface area contributed by atoms with Crippen molar-refractivity contribution in [1.82, 2.24) is 29.9 Å². The van der Waals surface area contributed by atoms with Crippen LogP contribution in [0, 0.1) is 0 Å². The van der Waals surface area contributed by atoms with E-state index in [0.29, 0.717) is 18.8 Å². The van der Waals surface area contributed by atoms with Gasteiger partial charge in [0.15, 0.2) is 0 Å². The van der Waals surface area contributed by atoms with Crippen molar-refractivity contribution in [2.45, 2.75) is 36.6 Å². The quantitative estimate of drug-likeness (QED) is 0.703. The van der Waals surface area contributed by atoms with Gasteiger partial charge in [-0.1, -0.05) is 0 Å². The summed E-state index contributed by atoms with van der Waals surface area (Å²) < 4.78 is 28.9. The first-order valence-corrected chi connectivity index (χ1v) is 11.8. The maximum Gasteiger partial charge on any atom is 0.320 e. The first-order valence-electron chi connectivity index (χ1n) is 10.3. The minimum Gasteiger partial charge on any atom is -0.348 e. The third-order valence-corrected chi connectivity index (χ3v) is 7.27. The molecule has 0 radical (unpaired) electrons. The number of fused-ring (bicyclic) bond motifs is 3. The molecular formula is C19H23N7O4S. The number of hydrogen-bond acceptors (Lipinski definition) is 6. The van der Waals surface area contributed by atoms with Gasteiger partial charge in [0.25, 0.3) is 15.9 Å². The Morgan fingerprint density at radius 2 is 1.87 bits per heavy atom. The first kappa shape index (κ1) is 19.8. The number of amides is 3. The van der Waals surface area contributed by atoms with Crippen LogP contribution in [-0.2, 0) is 10.0 Å². The van der Waals surface area contributed by atoms with Gasteiger partial charge in [-0.25, -0.2) is 17.9 Å². The van der Waals surface area contributed by atoms with Crippen LogP contribution in [0.5, 0.6) is 0 Å². The molecule has 164 valence electrons. The van der Waals surface area contributed by atoms with Crippen LogP contribution in [0.1, 0.15) is 36.0 Å². The van der Waals surface area contributed by atoms with E-state index >= 15 is 0 Å². The fourth-order valence-electron chi connectivity index (χ4n) is 4.35. The summed E-state index contributed by atoms with van der Waals surface area (Å²) in [6.45, 7) is 2.72. The normalized spacial score (nSPS) is 21.7. The second kappa shape index (κ2) is 7.52. The molecule has 3 aliphatic heterocycles. The zero-order valence-electron chi connectivity index (χ0n) is 16.8. The standard InChI is InChI=1S/C19H23N7O4S/c27-17(22-14-4-3-9-25(11-14)19(28)24-7-1-2-8-24)13-5-6-15-16(10-13)31(29,30)23-18-20-12-21-26(15)18/h5-6,10,12,14H,1-4,7-9,11H2,(H,22,27)(H,20,21,23). The highest BCUT2D eigenvalue weighted by atomic mass is 32.2. The van der Waals surface area contributed by atoms with E-state index in [1.54, 1.807) is 17.0 Å². The fourth-order valence-corrected chi connectivity index (χ4v) is 5.56.